The lowest BCUT2D eigenvalue weighted by molar-refractivity contribution is 0.122. The van der Waals surface area contributed by atoms with Crippen LogP contribution in [0, 0.1) is 5.92 Å². The molecule has 2 aliphatic rings. The topological polar surface area (TPSA) is 38.2 Å². The lowest BCUT2D eigenvalue weighted by Crippen LogP contribution is -2.37. The van der Waals surface area contributed by atoms with Gasteiger partial charge < -0.3 is 9.64 Å². The molecule has 1 saturated heterocycles. The van der Waals surface area contributed by atoms with Crippen LogP contribution in [0.4, 0.5) is 5.82 Å². The van der Waals surface area contributed by atoms with Crippen LogP contribution in [0.15, 0.2) is 0 Å². The van der Waals surface area contributed by atoms with Crippen LogP contribution in [0.2, 0.25) is 0 Å². The molecule has 0 amide bonds. The van der Waals surface area contributed by atoms with E-state index in [0.717, 1.165) is 44.5 Å². The second-order valence-electron chi connectivity index (χ2n) is 7.35. The molecule has 1 fully saturated rings. The Hall–Kier alpha value is -1.20. The molecule has 0 radical (unpaired) electrons. The number of morpholine rings is 1. The first-order valence-corrected chi connectivity index (χ1v) is 10.1. The highest BCUT2D eigenvalue weighted by molar-refractivity contribution is 7.19. The van der Waals surface area contributed by atoms with Crippen LogP contribution in [-0.2, 0) is 17.6 Å². The molecule has 5 heteroatoms. The number of rotatable bonds is 3. The number of ether oxygens (including phenoxy) is 1. The maximum absolute atomic E-state index is 5.56. The molecule has 2 aromatic heterocycles. The van der Waals surface area contributed by atoms with Crippen LogP contribution in [0.5, 0.6) is 0 Å². The van der Waals surface area contributed by atoms with Gasteiger partial charge in [-0.2, -0.15) is 0 Å². The summed E-state index contributed by atoms with van der Waals surface area (Å²) in [5.41, 5.74) is 1.53. The summed E-state index contributed by atoms with van der Waals surface area (Å²) < 4.78 is 5.56. The van der Waals surface area contributed by atoms with Gasteiger partial charge in [-0.3, -0.25) is 0 Å². The van der Waals surface area contributed by atoms with Gasteiger partial charge in [-0.25, -0.2) is 9.97 Å². The second kappa shape index (κ2) is 6.60. The van der Waals surface area contributed by atoms with Crippen LogP contribution in [0.25, 0.3) is 10.2 Å². The monoisotopic (exact) mass is 345 g/mol. The zero-order valence-electron chi connectivity index (χ0n) is 15.0. The predicted octanol–water partition coefficient (Wildman–Crippen LogP) is 4.17. The van der Waals surface area contributed by atoms with Crippen molar-refractivity contribution in [2.45, 2.75) is 52.4 Å². The highest BCUT2D eigenvalue weighted by Crippen LogP contribution is 2.41. The van der Waals surface area contributed by atoms with E-state index in [1.165, 1.54) is 40.9 Å². The van der Waals surface area contributed by atoms with Crippen molar-refractivity contribution in [3.8, 4) is 0 Å². The quantitative estimate of drug-likeness (QED) is 0.837. The van der Waals surface area contributed by atoms with Gasteiger partial charge in [0, 0.05) is 23.9 Å². The molecule has 130 valence electrons. The molecule has 2 aromatic rings. The summed E-state index contributed by atoms with van der Waals surface area (Å²) in [7, 11) is 0. The van der Waals surface area contributed by atoms with E-state index in [4.69, 9.17) is 14.7 Å². The average Bonchev–Trinajstić information content (AvgIpc) is 2.98. The smallest absolute Gasteiger partial charge is 0.141 e. The van der Waals surface area contributed by atoms with Crippen molar-refractivity contribution in [3.63, 3.8) is 0 Å². The fraction of sp³-hybridized carbons (Fsp3) is 0.684. The number of hydrogen-bond acceptors (Lipinski definition) is 5. The van der Waals surface area contributed by atoms with Crippen molar-refractivity contribution in [1.29, 1.82) is 0 Å². The number of aromatic nitrogens is 2. The molecule has 4 rings (SSSR count). The summed E-state index contributed by atoms with van der Waals surface area (Å²) in [6.45, 7) is 10.3. The molecule has 1 aliphatic heterocycles. The standard InChI is InChI=1S/C19H27N3OS/c1-4-13(3)17-20-18(22-7-9-23-10-8-22)16-14-6-5-12(2)11-15(14)24-19(16)21-17/h12-13H,4-11H2,1-3H3/t12-,13-/m0/s1. The Labute approximate surface area is 148 Å². The van der Waals surface area contributed by atoms with Crippen molar-refractivity contribution in [2.24, 2.45) is 5.92 Å². The molecule has 3 heterocycles. The zero-order valence-corrected chi connectivity index (χ0v) is 15.8. The van der Waals surface area contributed by atoms with Crippen molar-refractivity contribution < 1.29 is 4.74 Å². The van der Waals surface area contributed by atoms with E-state index in [2.05, 4.69) is 25.7 Å². The Balaban J connectivity index is 1.88. The predicted molar refractivity (Wildman–Crippen MR) is 100 cm³/mol. The third-order valence-corrected chi connectivity index (χ3v) is 6.67. The van der Waals surface area contributed by atoms with Gasteiger partial charge in [-0.05, 0) is 37.2 Å². The molecule has 4 nitrogen and oxygen atoms in total. The Morgan fingerprint density at radius 1 is 1.29 bits per heavy atom. The van der Waals surface area contributed by atoms with Crippen molar-refractivity contribution in [1.82, 2.24) is 9.97 Å². The fourth-order valence-corrected chi connectivity index (χ4v) is 5.13. The van der Waals surface area contributed by atoms with Gasteiger partial charge in [-0.15, -0.1) is 11.3 Å². The van der Waals surface area contributed by atoms with E-state index in [9.17, 15) is 0 Å². The number of hydrogen-bond donors (Lipinski definition) is 0. The molecular formula is C19H27N3OS. The van der Waals surface area contributed by atoms with Crippen molar-refractivity contribution >= 4 is 27.4 Å². The molecule has 0 bridgehead atoms. The molecule has 0 spiro atoms. The summed E-state index contributed by atoms with van der Waals surface area (Å²) in [4.78, 5) is 15.2. The Kier molecular flexibility index (Phi) is 4.48. The molecular weight excluding hydrogens is 318 g/mol. The highest BCUT2D eigenvalue weighted by Gasteiger charge is 2.27. The molecule has 0 aromatic carbocycles. The van der Waals surface area contributed by atoms with Crippen LogP contribution in [-0.4, -0.2) is 36.3 Å². The first kappa shape index (κ1) is 16.3. The largest absolute Gasteiger partial charge is 0.378 e. The van der Waals surface area contributed by atoms with Gasteiger partial charge >= 0.3 is 0 Å². The fourth-order valence-electron chi connectivity index (χ4n) is 3.75. The van der Waals surface area contributed by atoms with Crippen LogP contribution >= 0.6 is 11.3 Å². The molecule has 1 aliphatic carbocycles. The van der Waals surface area contributed by atoms with E-state index >= 15 is 0 Å². The molecule has 0 unspecified atom stereocenters. The third kappa shape index (κ3) is 2.82. The van der Waals surface area contributed by atoms with E-state index in [0.29, 0.717) is 5.92 Å². The normalized spacial score (nSPS) is 22.6. The summed E-state index contributed by atoms with van der Waals surface area (Å²) in [6, 6.07) is 0. The molecule has 0 N–H and O–H groups in total. The highest BCUT2D eigenvalue weighted by atomic mass is 32.1. The van der Waals surface area contributed by atoms with Gasteiger partial charge in [0.25, 0.3) is 0 Å². The summed E-state index contributed by atoms with van der Waals surface area (Å²) >= 11 is 1.91. The van der Waals surface area contributed by atoms with Crippen LogP contribution in [0.1, 0.15) is 55.8 Å². The lowest BCUT2D eigenvalue weighted by Gasteiger charge is -2.29. The molecule has 0 saturated carbocycles. The van der Waals surface area contributed by atoms with Gasteiger partial charge in [0.15, 0.2) is 0 Å². The first-order chi connectivity index (χ1) is 11.7. The Bertz CT molecular complexity index is 736. The summed E-state index contributed by atoms with van der Waals surface area (Å²) in [5.74, 6) is 3.38. The van der Waals surface area contributed by atoms with E-state index in [1.807, 2.05) is 11.3 Å². The number of anilines is 1. The Morgan fingerprint density at radius 3 is 2.83 bits per heavy atom. The van der Waals surface area contributed by atoms with E-state index in [1.54, 1.807) is 4.88 Å². The van der Waals surface area contributed by atoms with Crippen molar-refractivity contribution in [2.75, 3.05) is 31.2 Å². The van der Waals surface area contributed by atoms with Gasteiger partial charge in [0.2, 0.25) is 0 Å². The van der Waals surface area contributed by atoms with Crippen LogP contribution in [0.3, 0.4) is 0 Å². The average molecular weight is 346 g/mol. The zero-order chi connectivity index (χ0) is 16.7. The third-order valence-electron chi connectivity index (χ3n) is 5.52. The molecule has 24 heavy (non-hydrogen) atoms. The van der Waals surface area contributed by atoms with Gasteiger partial charge in [0.05, 0.1) is 18.6 Å². The van der Waals surface area contributed by atoms with E-state index in [-0.39, 0.29) is 0 Å². The van der Waals surface area contributed by atoms with E-state index < -0.39 is 0 Å². The minimum Gasteiger partial charge on any atom is -0.378 e. The lowest BCUT2D eigenvalue weighted by atomic mass is 9.89. The minimum atomic E-state index is 0.409. The maximum Gasteiger partial charge on any atom is 0.141 e. The second-order valence-corrected chi connectivity index (χ2v) is 8.43. The number of thiophene rings is 1. The van der Waals surface area contributed by atoms with Gasteiger partial charge in [0.1, 0.15) is 16.5 Å². The van der Waals surface area contributed by atoms with Gasteiger partial charge in [-0.1, -0.05) is 20.8 Å². The number of aryl methyl sites for hydroxylation is 1. The number of fused-ring (bicyclic) bond motifs is 3. The number of nitrogens with zero attached hydrogens (tertiary/aromatic N) is 3. The summed E-state index contributed by atoms with van der Waals surface area (Å²) in [6.07, 6.45) is 4.75. The minimum absolute atomic E-state index is 0.409. The van der Waals surface area contributed by atoms with Crippen molar-refractivity contribution in [3.05, 3.63) is 16.3 Å². The summed E-state index contributed by atoms with van der Waals surface area (Å²) in [5, 5.41) is 1.34. The molecule has 2 atom stereocenters. The SMILES string of the molecule is CC[C@H](C)c1nc(N2CCOCC2)c2c3c(sc2n1)C[C@@H](C)CC3. The maximum atomic E-state index is 5.56. The first-order valence-electron chi connectivity index (χ1n) is 9.32. The van der Waals surface area contributed by atoms with Crippen LogP contribution < -0.4 is 4.90 Å². The Morgan fingerprint density at radius 2 is 2.08 bits per heavy atom.